The van der Waals surface area contributed by atoms with Gasteiger partial charge in [-0.15, -0.1) is 11.3 Å². The predicted octanol–water partition coefficient (Wildman–Crippen LogP) is 2.90. The molecule has 2 aromatic heterocycles. The van der Waals surface area contributed by atoms with Crippen molar-refractivity contribution in [3.63, 3.8) is 0 Å². The Kier molecular flexibility index (Phi) is 3.31. The van der Waals surface area contributed by atoms with E-state index in [1.165, 1.54) is 11.1 Å². The Labute approximate surface area is 98.2 Å². The van der Waals surface area contributed by atoms with Gasteiger partial charge in [0, 0.05) is 16.6 Å². The molecule has 84 valence electrons. The molecule has 0 saturated heterocycles. The molecule has 0 bridgehead atoms. The number of thiophene rings is 1. The topological polar surface area (TPSA) is 24.9 Å². The van der Waals surface area contributed by atoms with Crippen molar-refractivity contribution in [1.82, 2.24) is 10.3 Å². The van der Waals surface area contributed by atoms with E-state index in [0.29, 0.717) is 5.56 Å². The Hall–Kier alpha value is -1.26. The summed E-state index contributed by atoms with van der Waals surface area (Å²) in [4.78, 5) is 4.99. The Bertz CT molecular complexity index is 481. The zero-order chi connectivity index (χ0) is 11.5. The van der Waals surface area contributed by atoms with Gasteiger partial charge in [0.1, 0.15) is 5.82 Å². The number of nitrogens with zero attached hydrogens (tertiary/aromatic N) is 1. The summed E-state index contributed by atoms with van der Waals surface area (Å²) in [5.74, 6) is -0.272. The third kappa shape index (κ3) is 2.13. The van der Waals surface area contributed by atoms with E-state index in [1.807, 2.05) is 14.0 Å². The molecule has 1 atom stereocenters. The van der Waals surface area contributed by atoms with Crippen LogP contribution in [0.25, 0.3) is 0 Å². The summed E-state index contributed by atoms with van der Waals surface area (Å²) in [6.45, 7) is 2.05. The second kappa shape index (κ2) is 4.72. The summed E-state index contributed by atoms with van der Waals surface area (Å²) < 4.78 is 13.6. The van der Waals surface area contributed by atoms with Crippen LogP contribution in [0, 0.1) is 12.7 Å². The van der Waals surface area contributed by atoms with Crippen molar-refractivity contribution in [1.29, 1.82) is 0 Å². The molecule has 2 heterocycles. The lowest BCUT2D eigenvalue weighted by Gasteiger charge is -2.15. The fraction of sp³-hybridized carbons (Fsp3) is 0.250. The summed E-state index contributed by atoms with van der Waals surface area (Å²) in [6, 6.07) is 3.68. The summed E-state index contributed by atoms with van der Waals surface area (Å²) in [6.07, 6.45) is 2.86. The van der Waals surface area contributed by atoms with Gasteiger partial charge >= 0.3 is 0 Å². The largest absolute Gasteiger partial charge is 0.309 e. The van der Waals surface area contributed by atoms with Gasteiger partial charge in [-0.3, -0.25) is 4.98 Å². The number of hydrogen-bond acceptors (Lipinski definition) is 3. The zero-order valence-electron chi connectivity index (χ0n) is 9.20. The molecule has 2 rings (SSSR count). The SMILES string of the molecule is CNC(c1csc(C)c1)c1ccncc1F. The highest BCUT2D eigenvalue weighted by Gasteiger charge is 2.16. The summed E-state index contributed by atoms with van der Waals surface area (Å²) >= 11 is 1.67. The molecule has 0 amide bonds. The van der Waals surface area contributed by atoms with Crippen molar-refractivity contribution in [2.75, 3.05) is 7.05 Å². The molecule has 0 aliphatic rings. The number of rotatable bonds is 3. The fourth-order valence-electron chi connectivity index (χ4n) is 1.74. The Morgan fingerprint density at radius 2 is 2.31 bits per heavy atom. The first-order valence-electron chi connectivity index (χ1n) is 5.04. The van der Waals surface area contributed by atoms with Crippen LogP contribution in [0.4, 0.5) is 4.39 Å². The molecule has 16 heavy (non-hydrogen) atoms. The highest BCUT2D eigenvalue weighted by Crippen LogP contribution is 2.27. The van der Waals surface area contributed by atoms with Crippen LogP contribution >= 0.6 is 11.3 Å². The monoisotopic (exact) mass is 236 g/mol. The predicted molar refractivity (Wildman–Crippen MR) is 64.2 cm³/mol. The van der Waals surface area contributed by atoms with E-state index in [2.05, 4.69) is 21.7 Å². The Morgan fingerprint density at radius 1 is 1.50 bits per heavy atom. The average molecular weight is 236 g/mol. The van der Waals surface area contributed by atoms with Crippen LogP contribution < -0.4 is 5.32 Å². The van der Waals surface area contributed by atoms with E-state index in [4.69, 9.17) is 0 Å². The quantitative estimate of drug-likeness (QED) is 0.886. The summed E-state index contributed by atoms with van der Waals surface area (Å²) in [7, 11) is 1.83. The molecular weight excluding hydrogens is 223 g/mol. The number of aromatic nitrogens is 1. The van der Waals surface area contributed by atoms with Crippen LogP contribution in [0.5, 0.6) is 0 Å². The summed E-state index contributed by atoms with van der Waals surface area (Å²) in [5.41, 5.74) is 1.73. The van der Waals surface area contributed by atoms with Gasteiger partial charge in [0.2, 0.25) is 0 Å². The Balaban J connectivity index is 2.40. The molecule has 0 fully saturated rings. The maximum absolute atomic E-state index is 13.6. The van der Waals surface area contributed by atoms with Crippen LogP contribution in [0.1, 0.15) is 22.0 Å². The highest BCUT2D eigenvalue weighted by molar-refractivity contribution is 7.10. The van der Waals surface area contributed by atoms with Gasteiger partial charge in [0.25, 0.3) is 0 Å². The first kappa shape index (κ1) is 11.2. The molecule has 1 unspecified atom stereocenters. The second-order valence-electron chi connectivity index (χ2n) is 3.61. The van der Waals surface area contributed by atoms with Gasteiger partial charge in [-0.1, -0.05) is 0 Å². The molecule has 0 radical (unpaired) electrons. The van der Waals surface area contributed by atoms with Gasteiger partial charge in [0.15, 0.2) is 0 Å². The molecule has 0 aliphatic carbocycles. The lowest BCUT2D eigenvalue weighted by Crippen LogP contribution is -2.18. The fourth-order valence-corrected chi connectivity index (χ4v) is 2.47. The number of pyridine rings is 1. The van der Waals surface area contributed by atoms with E-state index in [0.717, 1.165) is 5.56 Å². The first-order valence-corrected chi connectivity index (χ1v) is 5.92. The van der Waals surface area contributed by atoms with E-state index in [-0.39, 0.29) is 11.9 Å². The molecule has 0 spiro atoms. The lowest BCUT2D eigenvalue weighted by atomic mass is 10.0. The van der Waals surface area contributed by atoms with Crippen molar-refractivity contribution in [2.45, 2.75) is 13.0 Å². The average Bonchev–Trinajstić information content (AvgIpc) is 2.69. The minimum atomic E-state index is -0.272. The maximum Gasteiger partial charge on any atom is 0.146 e. The third-order valence-electron chi connectivity index (χ3n) is 2.49. The van der Waals surface area contributed by atoms with Crippen molar-refractivity contribution in [3.8, 4) is 0 Å². The maximum atomic E-state index is 13.6. The van der Waals surface area contributed by atoms with Crippen molar-refractivity contribution in [2.24, 2.45) is 0 Å². The van der Waals surface area contributed by atoms with Crippen LogP contribution in [-0.2, 0) is 0 Å². The standard InChI is InChI=1S/C12H13FN2S/c1-8-5-9(7-16-8)12(14-2)10-3-4-15-6-11(10)13/h3-7,12,14H,1-2H3. The van der Waals surface area contributed by atoms with Crippen molar-refractivity contribution >= 4 is 11.3 Å². The van der Waals surface area contributed by atoms with Crippen molar-refractivity contribution in [3.05, 3.63) is 51.7 Å². The van der Waals surface area contributed by atoms with Crippen LogP contribution in [0.15, 0.2) is 29.9 Å². The van der Waals surface area contributed by atoms with E-state index >= 15 is 0 Å². The van der Waals surface area contributed by atoms with Crippen LogP contribution in [0.2, 0.25) is 0 Å². The highest BCUT2D eigenvalue weighted by atomic mass is 32.1. The number of aryl methyl sites for hydroxylation is 1. The van der Waals surface area contributed by atoms with Gasteiger partial charge in [-0.2, -0.15) is 0 Å². The van der Waals surface area contributed by atoms with Gasteiger partial charge in [0.05, 0.1) is 12.2 Å². The van der Waals surface area contributed by atoms with E-state index in [9.17, 15) is 4.39 Å². The molecule has 0 aromatic carbocycles. The minimum Gasteiger partial charge on any atom is -0.309 e. The van der Waals surface area contributed by atoms with E-state index in [1.54, 1.807) is 23.6 Å². The number of hydrogen-bond donors (Lipinski definition) is 1. The molecule has 0 saturated carbocycles. The van der Waals surface area contributed by atoms with Crippen molar-refractivity contribution < 1.29 is 4.39 Å². The first-order chi connectivity index (χ1) is 7.72. The molecular formula is C12H13FN2S. The van der Waals surface area contributed by atoms with Gasteiger partial charge in [-0.25, -0.2) is 4.39 Å². The Morgan fingerprint density at radius 3 is 2.88 bits per heavy atom. The number of nitrogens with one attached hydrogen (secondary N) is 1. The minimum absolute atomic E-state index is 0.104. The lowest BCUT2D eigenvalue weighted by molar-refractivity contribution is 0.571. The smallest absolute Gasteiger partial charge is 0.146 e. The third-order valence-corrected chi connectivity index (χ3v) is 3.37. The molecule has 0 aliphatic heterocycles. The molecule has 4 heteroatoms. The van der Waals surface area contributed by atoms with Gasteiger partial charge in [-0.05, 0) is 37.0 Å². The van der Waals surface area contributed by atoms with Crippen LogP contribution in [-0.4, -0.2) is 12.0 Å². The molecule has 1 N–H and O–H groups in total. The number of halogens is 1. The normalized spacial score (nSPS) is 12.7. The van der Waals surface area contributed by atoms with E-state index < -0.39 is 0 Å². The molecule has 2 nitrogen and oxygen atoms in total. The zero-order valence-corrected chi connectivity index (χ0v) is 10.0. The van der Waals surface area contributed by atoms with Gasteiger partial charge < -0.3 is 5.32 Å². The second-order valence-corrected chi connectivity index (χ2v) is 4.72. The molecule has 2 aromatic rings. The summed E-state index contributed by atoms with van der Waals surface area (Å²) in [5, 5.41) is 5.18. The van der Waals surface area contributed by atoms with Crippen LogP contribution in [0.3, 0.4) is 0 Å².